The zero-order chi connectivity index (χ0) is 42.1. The minimum Gasteiger partial charge on any atom is -0.456 e. The van der Waals surface area contributed by atoms with Crippen molar-refractivity contribution in [3.63, 3.8) is 0 Å². The molecule has 9 aromatic rings. The van der Waals surface area contributed by atoms with Gasteiger partial charge in [-0.1, -0.05) is 139 Å². The van der Waals surface area contributed by atoms with Crippen LogP contribution >= 0.6 is 0 Å². The zero-order valence-electron chi connectivity index (χ0n) is 38.0. The largest absolute Gasteiger partial charge is 0.456 e. The van der Waals surface area contributed by atoms with E-state index in [0.29, 0.717) is 5.56 Å². The van der Waals surface area contributed by atoms with E-state index in [1.807, 2.05) is 54.6 Å². The number of benzene rings is 8. The fraction of sp³-hybridized carbons (Fsp3) is 0.0233. The summed E-state index contributed by atoms with van der Waals surface area (Å²) >= 11 is 0. The van der Waals surface area contributed by atoms with Gasteiger partial charge in [0.2, 0.25) is 0 Å². The summed E-state index contributed by atoms with van der Waals surface area (Å²) in [4.78, 5) is 0. The molecule has 0 spiro atoms. The summed E-state index contributed by atoms with van der Waals surface area (Å²) in [5.41, 5.74) is 3.33. The van der Waals surface area contributed by atoms with Gasteiger partial charge in [-0.2, -0.15) is 0 Å². The Morgan fingerprint density at radius 3 is 1.86 bits per heavy atom. The third-order valence-electron chi connectivity index (χ3n) is 8.02. The smallest absolute Gasteiger partial charge is 0.135 e. The van der Waals surface area contributed by atoms with E-state index < -0.39 is 97.1 Å². The SMILES string of the molecule is [2H]c1c([2H])c([2H])c2c([2H])c(Cc3c4c([2H])c([2H])c([2H])c([2H])c4c(-c4ccc(-c5ccc6oc7ccccc7c6c5)cc4)c4c([2H])c([2H])c([2H])c([2H])c34)c([2H])c([2H])c2c1[2H]. The topological polar surface area (TPSA) is 13.1 Å². The van der Waals surface area contributed by atoms with Crippen molar-refractivity contribution in [1.82, 2.24) is 0 Å². The van der Waals surface area contributed by atoms with Gasteiger partial charge >= 0.3 is 0 Å². The van der Waals surface area contributed by atoms with Crippen LogP contribution in [0.25, 0.3) is 76.5 Å². The average molecular weight is 576 g/mol. The van der Waals surface area contributed by atoms with Crippen LogP contribution in [0.1, 0.15) is 31.7 Å². The minimum atomic E-state index is -0.649. The molecule has 44 heavy (non-hydrogen) atoms. The van der Waals surface area contributed by atoms with Gasteiger partial charge < -0.3 is 4.42 Å². The summed E-state index contributed by atoms with van der Waals surface area (Å²) in [5.74, 6) is 0. The van der Waals surface area contributed by atoms with Gasteiger partial charge in [-0.3, -0.25) is 0 Å². The van der Waals surface area contributed by atoms with Crippen LogP contribution in [-0.2, 0) is 6.42 Å². The van der Waals surface area contributed by atoms with Crippen molar-refractivity contribution in [2.24, 2.45) is 0 Å². The van der Waals surface area contributed by atoms with Crippen LogP contribution in [0.2, 0.25) is 0 Å². The number of furan rings is 1. The molecule has 0 amide bonds. The third kappa shape index (κ3) is 4.01. The van der Waals surface area contributed by atoms with E-state index in [4.69, 9.17) is 18.1 Å². The second kappa shape index (κ2) is 9.97. The first kappa shape index (κ1) is 14.2. The highest BCUT2D eigenvalue weighted by atomic mass is 16.3. The summed E-state index contributed by atoms with van der Waals surface area (Å²) in [5, 5.41) is 0.855. The van der Waals surface area contributed by atoms with Crippen LogP contribution in [0.5, 0.6) is 0 Å². The molecule has 1 heterocycles. The lowest BCUT2D eigenvalue weighted by Gasteiger charge is -2.18. The van der Waals surface area contributed by atoms with Gasteiger partial charge in [0.1, 0.15) is 11.2 Å². The second-order valence-electron chi connectivity index (χ2n) is 10.5. The Hall–Kier alpha value is -5.66. The molecule has 1 nitrogen and oxygen atoms in total. The highest BCUT2D eigenvalue weighted by molar-refractivity contribution is 6.15. The van der Waals surface area contributed by atoms with E-state index in [2.05, 4.69) is 0 Å². The molecule has 8 aromatic carbocycles. The molecule has 0 saturated heterocycles. The molecule has 0 unspecified atom stereocenters. The Balaban J connectivity index is 1.36. The predicted molar refractivity (Wildman–Crippen MR) is 186 cm³/mol. The van der Waals surface area contributed by atoms with Crippen molar-refractivity contribution in [2.45, 2.75) is 6.42 Å². The van der Waals surface area contributed by atoms with Gasteiger partial charge in [0.15, 0.2) is 0 Å². The molecule has 9 rings (SSSR count). The van der Waals surface area contributed by atoms with Crippen molar-refractivity contribution < 1.29 is 25.0 Å². The van der Waals surface area contributed by atoms with Crippen molar-refractivity contribution in [3.05, 3.63) is 168 Å². The highest BCUT2D eigenvalue weighted by Gasteiger charge is 2.16. The van der Waals surface area contributed by atoms with E-state index >= 15 is 0 Å². The van der Waals surface area contributed by atoms with Gasteiger partial charge in [-0.25, -0.2) is 0 Å². The quantitative estimate of drug-likeness (QED) is 0.190. The maximum absolute atomic E-state index is 9.23. The molecule has 0 radical (unpaired) electrons. The van der Waals surface area contributed by atoms with E-state index in [1.165, 1.54) is 0 Å². The lowest BCUT2D eigenvalue weighted by molar-refractivity contribution is 0.669. The summed E-state index contributed by atoms with van der Waals surface area (Å²) in [6.45, 7) is 0. The van der Waals surface area contributed by atoms with Crippen LogP contribution in [0.4, 0.5) is 0 Å². The van der Waals surface area contributed by atoms with Crippen LogP contribution < -0.4 is 0 Å². The number of hydrogen-bond acceptors (Lipinski definition) is 1. The van der Waals surface area contributed by atoms with Gasteiger partial charge in [0.25, 0.3) is 0 Å². The van der Waals surface area contributed by atoms with Crippen molar-refractivity contribution in [1.29, 1.82) is 0 Å². The van der Waals surface area contributed by atoms with Crippen molar-refractivity contribution in [2.75, 3.05) is 0 Å². The first-order valence-corrected chi connectivity index (χ1v) is 14.0. The van der Waals surface area contributed by atoms with E-state index in [-0.39, 0.29) is 49.0 Å². The number of fused-ring (bicyclic) bond motifs is 6. The first-order chi connectivity index (χ1) is 28.0. The summed E-state index contributed by atoms with van der Waals surface area (Å²) in [6, 6.07) is 11.9. The van der Waals surface area contributed by atoms with Crippen LogP contribution in [0, 0.1) is 0 Å². The molecule has 0 N–H and O–H groups in total. The fourth-order valence-electron chi connectivity index (χ4n) is 5.99. The lowest BCUT2D eigenvalue weighted by atomic mass is 9.86. The van der Waals surface area contributed by atoms with Gasteiger partial charge in [0.05, 0.1) is 20.6 Å². The predicted octanol–water partition coefficient (Wildman–Crippen LogP) is 12.0. The highest BCUT2D eigenvalue weighted by Crippen LogP contribution is 2.41. The number of para-hydroxylation sites is 1. The molecular weight excluding hydrogens is 532 g/mol. The molecule has 0 atom stereocenters. The molecule has 206 valence electrons. The average Bonchev–Trinajstić information content (AvgIpc) is 3.62. The molecular formula is C43H28O. The third-order valence-corrected chi connectivity index (χ3v) is 8.02. The number of rotatable bonds is 4. The van der Waals surface area contributed by atoms with E-state index in [1.54, 1.807) is 12.1 Å². The second-order valence-corrected chi connectivity index (χ2v) is 10.5. The zero-order valence-corrected chi connectivity index (χ0v) is 23.0. The monoisotopic (exact) mass is 575 g/mol. The van der Waals surface area contributed by atoms with E-state index in [9.17, 15) is 6.85 Å². The Morgan fingerprint density at radius 2 is 1.09 bits per heavy atom. The Labute approximate surface area is 276 Å². The maximum Gasteiger partial charge on any atom is 0.135 e. The molecule has 0 aliphatic heterocycles. The molecule has 1 heteroatoms. The van der Waals surface area contributed by atoms with Crippen LogP contribution in [-0.4, -0.2) is 0 Å². The van der Waals surface area contributed by atoms with Gasteiger partial charge in [-0.05, 0) is 90.3 Å². The summed E-state index contributed by atoms with van der Waals surface area (Å²) < 4.78 is 138. The van der Waals surface area contributed by atoms with Gasteiger partial charge in [-0.15, -0.1) is 0 Å². The lowest BCUT2D eigenvalue weighted by Crippen LogP contribution is -1.95. The van der Waals surface area contributed by atoms with Gasteiger partial charge in [0, 0.05) is 10.8 Å². The minimum absolute atomic E-state index is 0.0587. The Bertz CT molecular complexity index is 3270. The Kier molecular flexibility index (Phi) is 3.22. The summed E-state index contributed by atoms with van der Waals surface area (Å²) in [6.07, 6.45) is -0.552. The molecule has 1 aromatic heterocycles. The molecule has 0 bridgehead atoms. The van der Waals surface area contributed by atoms with E-state index in [0.717, 1.165) is 33.1 Å². The van der Waals surface area contributed by atoms with Crippen molar-refractivity contribution in [3.8, 4) is 22.3 Å². The molecule has 0 aliphatic rings. The van der Waals surface area contributed by atoms with Crippen molar-refractivity contribution >= 4 is 54.3 Å². The first-order valence-electron chi connectivity index (χ1n) is 21.5. The fourth-order valence-corrected chi connectivity index (χ4v) is 5.99. The maximum atomic E-state index is 9.23. The Morgan fingerprint density at radius 1 is 0.477 bits per heavy atom. The van der Waals surface area contributed by atoms with Crippen LogP contribution in [0.3, 0.4) is 0 Å². The molecule has 0 aliphatic carbocycles. The molecule has 0 fully saturated rings. The summed E-state index contributed by atoms with van der Waals surface area (Å²) in [7, 11) is 0. The normalized spacial score (nSPS) is 16.5. The van der Waals surface area contributed by atoms with Crippen LogP contribution in [0.15, 0.2) is 162 Å². The molecule has 0 saturated carbocycles. The number of hydrogen-bond donors (Lipinski definition) is 0. The standard InChI is InChI=1S/C43H28O/c1-2-10-32-25-28(17-18-29(32)9-1)26-39-34-11-3-5-14-37(34)43(38-15-6-4-12-35(38)39)31-21-19-30(20-22-31)33-23-24-42-40(27-33)36-13-7-8-16-41(36)44-42/h1-25,27H,26H2/i1D,2D,3D,4D,5D,6D,9D,10D,11D,12D,14D,15D,17D,18D,25D.